The van der Waals surface area contributed by atoms with Crippen LogP contribution in [0.2, 0.25) is 0 Å². The molecule has 0 saturated heterocycles. The summed E-state index contributed by atoms with van der Waals surface area (Å²) in [6.07, 6.45) is 0.170. The standard InChI is InChI=1S/C23H22N4O3S/c1-3-18(28)13-4-6-14(7-5-13)19-12-15(22(24)29)23(31-19)27-20-10-8-17-16(25-20)9-11-21(26-17)30-2/h4-12,18,28H,3H2,1-2H3,(H2,24,29)(H,25,27). The number of pyridine rings is 2. The van der Waals surface area contributed by atoms with Crippen molar-refractivity contribution >= 4 is 39.1 Å². The Morgan fingerprint density at radius 3 is 2.52 bits per heavy atom. The first kappa shape index (κ1) is 20.8. The SMILES string of the molecule is CCC(O)c1ccc(-c2cc(C(N)=O)c(Nc3ccc4nc(OC)ccc4n3)s2)cc1. The molecule has 0 spiro atoms. The molecule has 1 unspecified atom stereocenters. The molecule has 0 fully saturated rings. The summed E-state index contributed by atoms with van der Waals surface area (Å²) < 4.78 is 5.14. The zero-order valence-corrected chi connectivity index (χ0v) is 17.9. The number of fused-ring (bicyclic) bond motifs is 1. The lowest BCUT2D eigenvalue weighted by molar-refractivity contribution is 0.100. The number of anilines is 2. The summed E-state index contributed by atoms with van der Waals surface area (Å²) in [5, 5.41) is 13.8. The van der Waals surface area contributed by atoms with Crippen molar-refractivity contribution in [3.05, 3.63) is 65.7 Å². The number of nitrogens with zero attached hydrogens (tertiary/aromatic N) is 2. The Morgan fingerprint density at radius 1 is 1.13 bits per heavy atom. The molecule has 4 N–H and O–H groups in total. The number of ether oxygens (including phenoxy) is 1. The second-order valence-electron chi connectivity index (χ2n) is 6.98. The number of primary amides is 1. The molecule has 1 atom stereocenters. The third kappa shape index (κ3) is 4.35. The Bertz CT molecular complexity index is 1240. The summed E-state index contributed by atoms with van der Waals surface area (Å²) in [6, 6.07) is 16.6. The maximum atomic E-state index is 12.0. The van der Waals surface area contributed by atoms with Crippen LogP contribution in [0.3, 0.4) is 0 Å². The molecule has 0 aliphatic carbocycles. The van der Waals surface area contributed by atoms with Crippen LogP contribution in [-0.2, 0) is 0 Å². The summed E-state index contributed by atoms with van der Waals surface area (Å²) in [5.41, 5.74) is 9.22. The molecular weight excluding hydrogens is 412 g/mol. The molecule has 31 heavy (non-hydrogen) atoms. The van der Waals surface area contributed by atoms with Crippen molar-refractivity contribution in [2.24, 2.45) is 5.73 Å². The number of carbonyl (C=O) groups is 1. The molecule has 158 valence electrons. The van der Waals surface area contributed by atoms with E-state index in [0.717, 1.165) is 16.0 Å². The van der Waals surface area contributed by atoms with Crippen LogP contribution in [0.25, 0.3) is 21.5 Å². The molecule has 0 aliphatic rings. The molecule has 4 aromatic rings. The number of aliphatic hydroxyl groups is 1. The van der Waals surface area contributed by atoms with Crippen LogP contribution in [-0.4, -0.2) is 28.1 Å². The molecule has 7 nitrogen and oxygen atoms in total. The highest BCUT2D eigenvalue weighted by Crippen LogP contribution is 2.37. The van der Waals surface area contributed by atoms with Gasteiger partial charge < -0.3 is 20.9 Å². The highest BCUT2D eigenvalue weighted by Gasteiger charge is 2.16. The van der Waals surface area contributed by atoms with E-state index >= 15 is 0 Å². The first-order chi connectivity index (χ1) is 15.0. The van der Waals surface area contributed by atoms with Crippen molar-refractivity contribution in [1.29, 1.82) is 0 Å². The van der Waals surface area contributed by atoms with E-state index in [1.165, 1.54) is 11.3 Å². The van der Waals surface area contributed by atoms with E-state index in [0.29, 0.717) is 39.7 Å². The maximum absolute atomic E-state index is 12.0. The highest BCUT2D eigenvalue weighted by molar-refractivity contribution is 7.19. The number of rotatable bonds is 7. The van der Waals surface area contributed by atoms with Crippen LogP contribution < -0.4 is 15.8 Å². The van der Waals surface area contributed by atoms with Gasteiger partial charge in [0.25, 0.3) is 5.91 Å². The summed E-state index contributed by atoms with van der Waals surface area (Å²) in [7, 11) is 1.57. The number of benzene rings is 1. The molecule has 3 aromatic heterocycles. The van der Waals surface area contributed by atoms with Gasteiger partial charge in [-0.2, -0.15) is 0 Å². The van der Waals surface area contributed by atoms with E-state index in [1.807, 2.05) is 43.3 Å². The number of aromatic nitrogens is 2. The van der Waals surface area contributed by atoms with Crippen molar-refractivity contribution in [3.8, 4) is 16.3 Å². The van der Waals surface area contributed by atoms with Gasteiger partial charge in [0.15, 0.2) is 0 Å². The van der Waals surface area contributed by atoms with E-state index in [4.69, 9.17) is 10.5 Å². The summed E-state index contributed by atoms with van der Waals surface area (Å²) >= 11 is 1.42. The number of nitrogens with one attached hydrogen (secondary N) is 1. The lowest BCUT2D eigenvalue weighted by atomic mass is 10.0. The number of aliphatic hydroxyl groups excluding tert-OH is 1. The summed E-state index contributed by atoms with van der Waals surface area (Å²) in [6.45, 7) is 1.93. The van der Waals surface area contributed by atoms with Crippen LogP contribution in [0, 0.1) is 0 Å². The number of carbonyl (C=O) groups excluding carboxylic acids is 1. The van der Waals surface area contributed by atoms with Gasteiger partial charge in [0.1, 0.15) is 10.8 Å². The lowest BCUT2D eigenvalue weighted by Crippen LogP contribution is -2.11. The van der Waals surface area contributed by atoms with Crippen molar-refractivity contribution < 1.29 is 14.6 Å². The zero-order valence-electron chi connectivity index (χ0n) is 17.1. The van der Waals surface area contributed by atoms with Crippen molar-refractivity contribution in [1.82, 2.24) is 9.97 Å². The molecule has 3 heterocycles. The number of methoxy groups -OCH3 is 1. The van der Waals surface area contributed by atoms with E-state index < -0.39 is 12.0 Å². The fourth-order valence-corrected chi connectivity index (χ4v) is 4.28. The van der Waals surface area contributed by atoms with E-state index in [1.54, 1.807) is 25.3 Å². The van der Waals surface area contributed by atoms with Gasteiger partial charge in [-0.15, -0.1) is 11.3 Å². The second-order valence-corrected chi connectivity index (χ2v) is 8.03. The predicted molar refractivity (Wildman–Crippen MR) is 123 cm³/mol. The molecular formula is C23H22N4O3S. The summed E-state index contributed by atoms with van der Waals surface area (Å²) in [5.74, 6) is 0.582. The Kier molecular flexibility index (Phi) is 5.83. The molecule has 1 amide bonds. The first-order valence-electron chi connectivity index (χ1n) is 9.79. The average molecular weight is 435 g/mol. The fraction of sp³-hybridized carbons (Fsp3) is 0.174. The van der Waals surface area contributed by atoms with Gasteiger partial charge >= 0.3 is 0 Å². The lowest BCUT2D eigenvalue weighted by Gasteiger charge is -2.08. The van der Waals surface area contributed by atoms with Gasteiger partial charge in [-0.1, -0.05) is 31.2 Å². The first-order valence-corrected chi connectivity index (χ1v) is 10.6. The Hall–Kier alpha value is -3.49. The largest absolute Gasteiger partial charge is 0.481 e. The highest BCUT2D eigenvalue weighted by atomic mass is 32.1. The van der Waals surface area contributed by atoms with Gasteiger partial charge in [-0.3, -0.25) is 4.79 Å². The predicted octanol–water partition coefficient (Wildman–Crippen LogP) is 4.65. The van der Waals surface area contributed by atoms with Gasteiger partial charge in [0, 0.05) is 10.9 Å². The number of nitrogens with two attached hydrogens (primary N) is 1. The van der Waals surface area contributed by atoms with Crippen LogP contribution in [0.15, 0.2) is 54.6 Å². The molecule has 1 aromatic carbocycles. The van der Waals surface area contributed by atoms with E-state index in [2.05, 4.69) is 15.3 Å². The van der Waals surface area contributed by atoms with E-state index in [9.17, 15) is 9.90 Å². The minimum atomic E-state index is -0.518. The fourth-order valence-electron chi connectivity index (χ4n) is 3.20. The number of hydrogen-bond acceptors (Lipinski definition) is 7. The minimum Gasteiger partial charge on any atom is -0.481 e. The molecule has 0 saturated carbocycles. The Morgan fingerprint density at radius 2 is 1.84 bits per heavy atom. The van der Waals surface area contributed by atoms with Gasteiger partial charge in [0.05, 0.1) is 29.8 Å². The quantitative estimate of drug-likeness (QED) is 0.390. The van der Waals surface area contributed by atoms with Crippen LogP contribution in [0.5, 0.6) is 5.88 Å². The van der Waals surface area contributed by atoms with E-state index in [-0.39, 0.29) is 0 Å². The van der Waals surface area contributed by atoms with Crippen molar-refractivity contribution in [3.63, 3.8) is 0 Å². The number of hydrogen-bond donors (Lipinski definition) is 3. The van der Waals surface area contributed by atoms with Gasteiger partial charge in [-0.25, -0.2) is 9.97 Å². The van der Waals surface area contributed by atoms with Crippen LogP contribution in [0.1, 0.15) is 35.4 Å². The molecule has 0 radical (unpaired) electrons. The van der Waals surface area contributed by atoms with Crippen molar-refractivity contribution in [2.75, 3.05) is 12.4 Å². The third-order valence-electron chi connectivity index (χ3n) is 4.93. The zero-order chi connectivity index (χ0) is 22.0. The molecule has 8 heteroatoms. The normalized spacial score (nSPS) is 12.0. The van der Waals surface area contributed by atoms with Crippen LogP contribution >= 0.6 is 11.3 Å². The Labute approximate surface area is 183 Å². The summed E-state index contributed by atoms with van der Waals surface area (Å²) in [4.78, 5) is 21.8. The number of thiophene rings is 1. The molecule has 4 rings (SSSR count). The third-order valence-corrected chi connectivity index (χ3v) is 6.03. The van der Waals surface area contributed by atoms with Crippen LogP contribution in [0.4, 0.5) is 10.8 Å². The number of amides is 1. The molecule has 0 aliphatic heterocycles. The Balaban J connectivity index is 1.65. The minimum absolute atomic E-state index is 0.396. The average Bonchev–Trinajstić information content (AvgIpc) is 3.22. The second kappa shape index (κ2) is 8.71. The molecule has 0 bridgehead atoms. The van der Waals surface area contributed by atoms with Gasteiger partial charge in [-0.05, 0) is 41.8 Å². The van der Waals surface area contributed by atoms with Crippen molar-refractivity contribution in [2.45, 2.75) is 19.4 Å². The topological polar surface area (TPSA) is 110 Å². The van der Waals surface area contributed by atoms with Gasteiger partial charge in [0.2, 0.25) is 5.88 Å². The monoisotopic (exact) mass is 434 g/mol. The smallest absolute Gasteiger partial charge is 0.251 e. The maximum Gasteiger partial charge on any atom is 0.251 e.